The van der Waals surface area contributed by atoms with Gasteiger partial charge in [0.1, 0.15) is 5.75 Å². The Bertz CT molecular complexity index is 1310. The number of sulfone groups is 1. The number of rotatable bonds is 5. The molecule has 2 fully saturated rings. The van der Waals surface area contributed by atoms with E-state index >= 15 is 0 Å². The lowest BCUT2D eigenvalue weighted by Crippen LogP contribution is -2.47. The van der Waals surface area contributed by atoms with Gasteiger partial charge in [0.15, 0.2) is 9.84 Å². The van der Waals surface area contributed by atoms with E-state index in [4.69, 9.17) is 0 Å². The van der Waals surface area contributed by atoms with Crippen LogP contribution in [0, 0.1) is 0 Å². The SMILES string of the molecule is C[C@@]1(NC(=O)c2ccc3c(c2)C2(CCCC2)C(=O)N3c2cccc(OC(F)F)c2)CCS(=O)(=O)C1. The molecule has 1 spiro atoms. The van der Waals surface area contributed by atoms with Gasteiger partial charge >= 0.3 is 6.61 Å². The van der Waals surface area contributed by atoms with Crippen molar-refractivity contribution in [3.63, 3.8) is 0 Å². The Morgan fingerprint density at radius 3 is 2.51 bits per heavy atom. The molecule has 3 aliphatic rings. The van der Waals surface area contributed by atoms with Gasteiger partial charge in [-0.3, -0.25) is 14.5 Å². The van der Waals surface area contributed by atoms with Gasteiger partial charge in [0, 0.05) is 11.6 Å². The summed E-state index contributed by atoms with van der Waals surface area (Å²) in [5.41, 5.74) is 0.483. The van der Waals surface area contributed by atoms with E-state index in [1.807, 2.05) is 0 Å². The van der Waals surface area contributed by atoms with Crippen molar-refractivity contribution >= 4 is 33.0 Å². The van der Waals surface area contributed by atoms with E-state index < -0.39 is 33.3 Å². The van der Waals surface area contributed by atoms with Gasteiger partial charge in [-0.1, -0.05) is 18.9 Å². The minimum atomic E-state index is -3.19. The van der Waals surface area contributed by atoms with E-state index in [1.54, 1.807) is 37.3 Å². The molecule has 1 aliphatic carbocycles. The second-order valence-corrected chi connectivity index (χ2v) is 12.1. The quantitative estimate of drug-likeness (QED) is 0.662. The van der Waals surface area contributed by atoms with Crippen LogP contribution in [-0.2, 0) is 20.0 Å². The Labute approximate surface area is 202 Å². The standard InChI is InChI=1S/C25H26F2N2O5S/c1-24(11-12-35(32,33)15-24)28-21(30)16-7-8-20-19(13-16)25(9-2-3-10-25)22(31)29(20)17-5-4-6-18(14-17)34-23(26)27/h4-8,13-14,23H,2-3,9-12,15H2,1H3,(H,28,30)/t24-/m1/s1. The fourth-order valence-electron chi connectivity index (χ4n) is 5.67. The van der Waals surface area contributed by atoms with Gasteiger partial charge in [0.05, 0.1) is 33.8 Å². The van der Waals surface area contributed by atoms with Gasteiger partial charge in [0.2, 0.25) is 5.91 Å². The van der Waals surface area contributed by atoms with Crippen molar-refractivity contribution in [3.8, 4) is 5.75 Å². The number of nitrogens with one attached hydrogen (secondary N) is 1. The zero-order valence-corrected chi connectivity index (χ0v) is 20.0. The number of alkyl halides is 2. The van der Waals surface area contributed by atoms with Crippen LogP contribution in [0.4, 0.5) is 20.2 Å². The fraction of sp³-hybridized carbons (Fsp3) is 0.440. The summed E-state index contributed by atoms with van der Waals surface area (Å²) in [7, 11) is -3.19. The molecule has 1 saturated carbocycles. The van der Waals surface area contributed by atoms with E-state index in [0.717, 1.165) is 18.4 Å². The molecule has 2 heterocycles. The molecule has 2 amide bonds. The minimum Gasteiger partial charge on any atom is -0.435 e. The summed E-state index contributed by atoms with van der Waals surface area (Å²) in [5.74, 6) is -0.655. The van der Waals surface area contributed by atoms with E-state index in [0.29, 0.717) is 36.2 Å². The summed E-state index contributed by atoms with van der Waals surface area (Å²) in [6, 6.07) is 11.1. The third kappa shape index (κ3) is 4.17. The number of nitrogens with zero attached hydrogens (tertiary/aromatic N) is 1. The van der Waals surface area contributed by atoms with Crippen molar-refractivity contribution < 1.29 is 31.5 Å². The average Bonchev–Trinajstić information content (AvgIpc) is 3.44. The van der Waals surface area contributed by atoms with E-state index in [-0.39, 0.29) is 23.2 Å². The van der Waals surface area contributed by atoms with Crippen LogP contribution in [0.5, 0.6) is 5.75 Å². The van der Waals surface area contributed by atoms with Crippen molar-refractivity contribution in [1.29, 1.82) is 0 Å². The van der Waals surface area contributed by atoms with Crippen molar-refractivity contribution in [2.75, 3.05) is 16.4 Å². The first-order valence-electron chi connectivity index (χ1n) is 11.6. The van der Waals surface area contributed by atoms with Crippen LogP contribution in [0.15, 0.2) is 42.5 Å². The molecule has 1 atom stereocenters. The topological polar surface area (TPSA) is 92.8 Å². The Balaban J connectivity index is 1.51. The maximum absolute atomic E-state index is 13.8. The lowest BCUT2D eigenvalue weighted by Gasteiger charge is -2.25. The number of hydrogen-bond donors (Lipinski definition) is 1. The first kappa shape index (κ1) is 23.7. The lowest BCUT2D eigenvalue weighted by atomic mass is 9.79. The Hall–Kier alpha value is -3.01. The first-order valence-corrected chi connectivity index (χ1v) is 13.4. The predicted octanol–water partition coefficient (Wildman–Crippen LogP) is 4.09. The number of anilines is 2. The number of carbonyl (C=O) groups excluding carboxylic acids is 2. The zero-order valence-electron chi connectivity index (χ0n) is 19.2. The van der Waals surface area contributed by atoms with Crippen LogP contribution in [0.2, 0.25) is 0 Å². The molecule has 1 saturated heterocycles. The van der Waals surface area contributed by atoms with Crippen LogP contribution in [0.25, 0.3) is 0 Å². The molecule has 2 aliphatic heterocycles. The Morgan fingerprint density at radius 1 is 1.11 bits per heavy atom. The molecule has 10 heteroatoms. The van der Waals surface area contributed by atoms with Crippen LogP contribution in [-0.4, -0.2) is 43.9 Å². The highest BCUT2D eigenvalue weighted by atomic mass is 32.2. The fourth-order valence-corrected chi connectivity index (χ4v) is 7.76. The summed E-state index contributed by atoms with van der Waals surface area (Å²) in [6.45, 7) is -1.26. The second-order valence-electron chi connectivity index (χ2n) is 9.89. The summed E-state index contributed by atoms with van der Waals surface area (Å²) in [5, 5.41) is 2.87. The first-order chi connectivity index (χ1) is 16.5. The van der Waals surface area contributed by atoms with Crippen LogP contribution >= 0.6 is 0 Å². The molecule has 0 bridgehead atoms. The highest BCUT2D eigenvalue weighted by molar-refractivity contribution is 7.91. The van der Waals surface area contributed by atoms with Crippen molar-refractivity contribution in [2.45, 2.75) is 56.6 Å². The number of hydrogen-bond acceptors (Lipinski definition) is 5. The summed E-state index contributed by atoms with van der Waals surface area (Å²) < 4.78 is 53.9. The number of halogens is 2. The summed E-state index contributed by atoms with van der Waals surface area (Å²) in [4.78, 5) is 28.4. The smallest absolute Gasteiger partial charge is 0.387 e. The highest BCUT2D eigenvalue weighted by Crippen LogP contribution is 2.53. The molecule has 2 aromatic carbocycles. The molecule has 0 aromatic heterocycles. The van der Waals surface area contributed by atoms with Gasteiger partial charge in [0.25, 0.3) is 5.91 Å². The Kier molecular flexibility index (Phi) is 5.62. The van der Waals surface area contributed by atoms with Gasteiger partial charge in [-0.2, -0.15) is 8.78 Å². The van der Waals surface area contributed by atoms with E-state index in [9.17, 15) is 26.8 Å². The molecule has 1 N–H and O–H groups in total. The predicted molar refractivity (Wildman–Crippen MR) is 126 cm³/mol. The number of amides is 2. The van der Waals surface area contributed by atoms with Crippen molar-refractivity contribution in [2.24, 2.45) is 0 Å². The average molecular weight is 505 g/mol. The van der Waals surface area contributed by atoms with E-state index in [1.165, 1.54) is 17.0 Å². The molecule has 186 valence electrons. The Morgan fingerprint density at radius 2 is 1.86 bits per heavy atom. The van der Waals surface area contributed by atoms with Crippen LogP contribution < -0.4 is 15.0 Å². The normalized spacial score (nSPS) is 24.2. The van der Waals surface area contributed by atoms with Crippen LogP contribution in [0.3, 0.4) is 0 Å². The molecular formula is C25H26F2N2O5S. The van der Waals surface area contributed by atoms with E-state index in [2.05, 4.69) is 10.1 Å². The second kappa shape index (κ2) is 8.29. The molecular weight excluding hydrogens is 478 g/mol. The molecule has 5 rings (SSSR count). The summed E-state index contributed by atoms with van der Waals surface area (Å²) >= 11 is 0. The molecule has 0 unspecified atom stereocenters. The number of ether oxygens (including phenoxy) is 1. The molecule has 0 radical (unpaired) electrons. The number of fused-ring (bicyclic) bond motifs is 2. The largest absolute Gasteiger partial charge is 0.435 e. The summed E-state index contributed by atoms with van der Waals surface area (Å²) in [6.07, 6.45) is 3.33. The number of carbonyl (C=O) groups is 2. The maximum atomic E-state index is 13.8. The van der Waals surface area contributed by atoms with Gasteiger partial charge in [-0.05, 0) is 62.1 Å². The lowest BCUT2D eigenvalue weighted by molar-refractivity contribution is -0.122. The minimum absolute atomic E-state index is 0.0366. The maximum Gasteiger partial charge on any atom is 0.387 e. The monoisotopic (exact) mass is 504 g/mol. The number of benzene rings is 2. The van der Waals surface area contributed by atoms with Crippen molar-refractivity contribution in [1.82, 2.24) is 5.32 Å². The van der Waals surface area contributed by atoms with Crippen molar-refractivity contribution in [3.05, 3.63) is 53.6 Å². The van der Waals surface area contributed by atoms with Gasteiger partial charge in [-0.15, -0.1) is 0 Å². The molecule has 7 nitrogen and oxygen atoms in total. The third-order valence-electron chi connectivity index (χ3n) is 7.30. The van der Waals surface area contributed by atoms with Crippen LogP contribution in [0.1, 0.15) is 54.9 Å². The zero-order chi connectivity index (χ0) is 25.0. The third-order valence-corrected chi connectivity index (χ3v) is 9.21. The van der Waals surface area contributed by atoms with Gasteiger partial charge in [-0.25, -0.2) is 8.42 Å². The van der Waals surface area contributed by atoms with Gasteiger partial charge < -0.3 is 10.1 Å². The molecule has 35 heavy (non-hydrogen) atoms. The molecule has 2 aromatic rings. The highest BCUT2D eigenvalue weighted by Gasteiger charge is 2.53.